The summed E-state index contributed by atoms with van der Waals surface area (Å²) in [6, 6.07) is 16.5. The van der Waals surface area contributed by atoms with Gasteiger partial charge in [0.25, 0.3) is 5.91 Å². The van der Waals surface area contributed by atoms with Gasteiger partial charge >= 0.3 is 0 Å². The standard InChI is InChI=1S/C20H18N2O3/c1-13-7-9-15-5-3-4-6-16(15)19(13)20(24)22-21-12-14-8-10-18(25-2)17(23)11-14/h3-12,23H,1-2H3,(H,22,24)/b21-12-. The van der Waals surface area contributed by atoms with Gasteiger partial charge in [0.05, 0.1) is 18.9 Å². The van der Waals surface area contributed by atoms with Gasteiger partial charge in [0.2, 0.25) is 0 Å². The number of amides is 1. The fraction of sp³-hybridized carbons (Fsp3) is 0.100. The molecule has 5 nitrogen and oxygen atoms in total. The van der Waals surface area contributed by atoms with Gasteiger partial charge in [0.1, 0.15) is 0 Å². The van der Waals surface area contributed by atoms with Gasteiger partial charge in [-0.3, -0.25) is 4.79 Å². The average molecular weight is 334 g/mol. The van der Waals surface area contributed by atoms with Crippen LogP contribution in [-0.2, 0) is 0 Å². The third-order valence-electron chi connectivity index (χ3n) is 3.95. The number of ether oxygens (including phenoxy) is 1. The van der Waals surface area contributed by atoms with E-state index in [4.69, 9.17) is 4.74 Å². The third-order valence-corrected chi connectivity index (χ3v) is 3.95. The van der Waals surface area contributed by atoms with Gasteiger partial charge in [-0.15, -0.1) is 0 Å². The third kappa shape index (κ3) is 3.45. The van der Waals surface area contributed by atoms with Crippen molar-refractivity contribution >= 4 is 22.9 Å². The highest BCUT2D eigenvalue weighted by Crippen LogP contribution is 2.25. The molecule has 2 N–H and O–H groups in total. The number of hydrogen-bond acceptors (Lipinski definition) is 4. The van der Waals surface area contributed by atoms with E-state index in [-0.39, 0.29) is 11.7 Å². The molecule has 3 aromatic carbocycles. The SMILES string of the molecule is COc1ccc(/C=N\NC(=O)c2c(C)ccc3ccccc23)cc1O. The first-order valence-electron chi connectivity index (χ1n) is 7.79. The van der Waals surface area contributed by atoms with Crippen LogP contribution in [0.1, 0.15) is 21.5 Å². The van der Waals surface area contributed by atoms with Gasteiger partial charge < -0.3 is 9.84 Å². The van der Waals surface area contributed by atoms with Gasteiger partial charge in [0.15, 0.2) is 11.5 Å². The number of phenols is 1. The molecule has 3 aromatic rings. The van der Waals surface area contributed by atoms with Crippen LogP contribution in [-0.4, -0.2) is 24.3 Å². The van der Waals surface area contributed by atoms with Crippen LogP contribution in [0.3, 0.4) is 0 Å². The molecule has 0 heterocycles. The zero-order chi connectivity index (χ0) is 17.8. The van der Waals surface area contributed by atoms with Gasteiger partial charge in [-0.25, -0.2) is 5.43 Å². The summed E-state index contributed by atoms with van der Waals surface area (Å²) in [6.45, 7) is 1.90. The molecule has 1 amide bonds. The molecule has 0 saturated heterocycles. The molecule has 0 saturated carbocycles. The number of benzene rings is 3. The number of methoxy groups -OCH3 is 1. The minimum atomic E-state index is -0.275. The predicted molar refractivity (Wildman–Crippen MR) is 98.4 cm³/mol. The van der Waals surface area contributed by atoms with Crippen molar-refractivity contribution in [1.29, 1.82) is 0 Å². The van der Waals surface area contributed by atoms with Crippen LogP contribution >= 0.6 is 0 Å². The zero-order valence-corrected chi connectivity index (χ0v) is 14.0. The normalized spacial score (nSPS) is 11.0. The number of fused-ring (bicyclic) bond motifs is 1. The molecule has 0 atom stereocenters. The molecular formula is C20H18N2O3. The lowest BCUT2D eigenvalue weighted by molar-refractivity contribution is 0.0956. The summed E-state index contributed by atoms with van der Waals surface area (Å²) in [5, 5.41) is 15.6. The van der Waals surface area contributed by atoms with E-state index in [0.29, 0.717) is 16.9 Å². The summed E-state index contributed by atoms with van der Waals surface area (Å²) < 4.78 is 4.99. The Morgan fingerprint density at radius 3 is 2.72 bits per heavy atom. The Bertz CT molecular complexity index is 964. The first kappa shape index (κ1) is 16.5. The summed E-state index contributed by atoms with van der Waals surface area (Å²) in [5.41, 5.74) is 4.68. The topological polar surface area (TPSA) is 70.9 Å². The van der Waals surface area contributed by atoms with E-state index in [2.05, 4.69) is 10.5 Å². The summed E-state index contributed by atoms with van der Waals surface area (Å²) in [5.74, 6) is 0.124. The molecule has 5 heteroatoms. The molecule has 0 aliphatic heterocycles. The molecular weight excluding hydrogens is 316 g/mol. The lowest BCUT2D eigenvalue weighted by atomic mass is 9.99. The first-order valence-corrected chi connectivity index (χ1v) is 7.79. The second kappa shape index (κ2) is 7.05. The van der Waals surface area contributed by atoms with Crippen LogP contribution in [0.4, 0.5) is 0 Å². The quantitative estimate of drug-likeness (QED) is 0.565. The van der Waals surface area contributed by atoms with Gasteiger partial charge in [-0.1, -0.05) is 36.4 Å². The monoisotopic (exact) mass is 334 g/mol. The van der Waals surface area contributed by atoms with Crippen LogP contribution in [0, 0.1) is 6.92 Å². The van der Waals surface area contributed by atoms with Gasteiger partial charge in [-0.2, -0.15) is 5.10 Å². The van der Waals surface area contributed by atoms with E-state index in [0.717, 1.165) is 16.3 Å². The Kier molecular flexibility index (Phi) is 4.66. The van der Waals surface area contributed by atoms with E-state index in [9.17, 15) is 9.90 Å². The molecule has 0 radical (unpaired) electrons. The lowest BCUT2D eigenvalue weighted by Crippen LogP contribution is -2.19. The Balaban J connectivity index is 1.81. The number of hydrogen-bond donors (Lipinski definition) is 2. The van der Waals surface area contributed by atoms with E-state index < -0.39 is 0 Å². The summed E-state index contributed by atoms with van der Waals surface area (Å²) in [6.07, 6.45) is 1.47. The number of hydrazone groups is 1. The highest BCUT2D eigenvalue weighted by molar-refractivity contribution is 6.08. The summed E-state index contributed by atoms with van der Waals surface area (Å²) in [7, 11) is 1.48. The molecule has 0 spiro atoms. The number of aryl methyl sites for hydroxylation is 1. The number of carbonyl (C=O) groups is 1. The first-order chi connectivity index (χ1) is 12.1. The largest absolute Gasteiger partial charge is 0.504 e. The van der Waals surface area contributed by atoms with Crippen molar-refractivity contribution < 1.29 is 14.6 Å². The highest BCUT2D eigenvalue weighted by atomic mass is 16.5. The van der Waals surface area contributed by atoms with E-state index in [1.54, 1.807) is 12.1 Å². The van der Waals surface area contributed by atoms with Crippen molar-refractivity contribution in [3.05, 3.63) is 71.3 Å². The Morgan fingerprint density at radius 2 is 1.96 bits per heavy atom. The number of rotatable bonds is 4. The highest BCUT2D eigenvalue weighted by Gasteiger charge is 2.12. The minimum Gasteiger partial charge on any atom is -0.504 e. The number of phenolic OH excluding ortho intramolecular Hbond substituents is 1. The van der Waals surface area contributed by atoms with Crippen molar-refractivity contribution in [3.63, 3.8) is 0 Å². The maximum atomic E-state index is 12.5. The number of aromatic hydroxyl groups is 1. The molecule has 0 unspecified atom stereocenters. The van der Waals surface area contributed by atoms with E-state index >= 15 is 0 Å². The summed E-state index contributed by atoms with van der Waals surface area (Å²) in [4.78, 5) is 12.5. The molecule has 0 bridgehead atoms. The summed E-state index contributed by atoms with van der Waals surface area (Å²) >= 11 is 0. The molecule has 0 aromatic heterocycles. The van der Waals surface area contributed by atoms with Crippen molar-refractivity contribution in [2.75, 3.05) is 7.11 Å². The number of carbonyl (C=O) groups excluding carboxylic acids is 1. The number of nitrogens with one attached hydrogen (secondary N) is 1. The molecule has 3 rings (SSSR count). The van der Waals surface area contributed by atoms with E-state index in [1.165, 1.54) is 19.4 Å². The van der Waals surface area contributed by atoms with Crippen molar-refractivity contribution in [1.82, 2.24) is 5.43 Å². The average Bonchev–Trinajstić information content (AvgIpc) is 2.61. The molecule has 0 aliphatic rings. The predicted octanol–water partition coefficient (Wildman–Crippen LogP) is 3.63. The fourth-order valence-electron chi connectivity index (χ4n) is 2.69. The van der Waals surface area contributed by atoms with Gasteiger partial charge in [0, 0.05) is 0 Å². The van der Waals surface area contributed by atoms with Crippen LogP contribution in [0.25, 0.3) is 10.8 Å². The van der Waals surface area contributed by atoms with E-state index in [1.807, 2.05) is 43.3 Å². The van der Waals surface area contributed by atoms with Crippen LogP contribution in [0.2, 0.25) is 0 Å². The molecule has 0 aliphatic carbocycles. The molecule has 126 valence electrons. The number of nitrogens with zero attached hydrogens (tertiary/aromatic N) is 1. The van der Waals surface area contributed by atoms with Crippen LogP contribution < -0.4 is 10.2 Å². The fourth-order valence-corrected chi connectivity index (χ4v) is 2.69. The Hall–Kier alpha value is -3.34. The molecule has 0 fully saturated rings. The van der Waals surface area contributed by atoms with Crippen molar-refractivity contribution in [2.24, 2.45) is 5.10 Å². The maximum absolute atomic E-state index is 12.5. The Morgan fingerprint density at radius 1 is 1.16 bits per heavy atom. The van der Waals surface area contributed by atoms with Crippen molar-refractivity contribution in [3.8, 4) is 11.5 Å². The van der Waals surface area contributed by atoms with Crippen LogP contribution in [0.5, 0.6) is 11.5 Å². The minimum absolute atomic E-state index is 0.0164. The maximum Gasteiger partial charge on any atom is 0.272 e. The Labute approximate surface area is 145 Å². The molecule has 25 heavy (non-hydrogen) atoms. The van der Waals surface area contributed by atoms with Gasteiger partial charge in [-0.05, 0) is 47.0 Å². The second-order valence-electron chi connectivity index (χ2n) is 5.61. The van der Waals surface area contributed by atoms with Crippen molar-refractivity contribution in [2.45, 2.75) is 6.92 Å². The smallest absolute Gasteiger partial charge is 0.272 e. The second-order valence-corrected chi connectivity index (χ2v) is 5.61. The lowest BCUT2D eigenvalue weighted by Gasteiger charge is -2.08. The van der Waals surface area contributed by atoms with Crippen LogP contribution in [0.15, 0.2) is 59.7 Å². The zero-order valence-electron chi connectivity index (χ0n) is 14.0.